The maximum atomic E-state index is 5.12. The van der Waals surface area contributed by atoms with Crippen molar-refractivity contribution < 1.29 is 0 Å². The molecular formula is C29H29N2P. The maximum absolute atomic E-state index is 5.12. The van der Waals surface area contributed by atoms with Gasteiger partial charge in [-0.05, 0) is 55.6 Å². The topological polar surface area (TPSA) is 24.9 Å². The van der Waals surface area contributed by atoms with Crippen molar-refractivity contribution in [1.29, 1.82) is 0 Å². The molecule has 3 aromatic carbocycles. The predicted octanol–water partition coefficient (Wildman–Crippen LogP) is 5.85. The fraction of sp³-hybridized carbons (Fsp3) is 0.207. The molecule has 1 atom stereocenters. The molecule has 2 nitrogen and oxygen atoms in total. The summed E-state index contributed by atoms with van der Waals surface area (Å²) in [4.78, 5) is 5.12. The van der Waals surface area contributed by atoms with E-state index >= 15 is 0 Å². The lowest BCUT2D eigenvalue weighted by molar-refractivity contribution is 0.461. The van der Waals surface area contributed by atoms with Gasteiger partial charge in [-0.15, -0.1) is 0 Å². The van der Waals surface area contributed by atoms with Gasteiger partial charge in [0.2, 0.25) is 0 Å². The van der Waals surface area contributed by atoms with Crippen LogP contribution in [-0.2, 0) is 6.42 Å². The van der Waals surface area contributed by atoms with Gasteiger partial charge >= 0.3 is 0 Å². The highest BCUT2D eigenvalue weighted by atomic mass is 31.1. The zero-order valence-corrected chi connectivity index (χ0v) is 19.2. The van der Waals surface area contributed by atoms with Crippen LogP contribution in [0.5, 0.6) is 0 Å². The minimum atomic E-state index is -0.370. The summed E-state index contributed by atoms with van der Waals surface area (Å²) in [7, 11) is -0.370. The van der Waals surface area contributed by atoms with Gasteiger partial charge in [-0.1, -0.05) is 97.1 Å². The molecule has 0 spiro atoms. The number of nitrogens with zero attached hydrogens (tertiary/aromatic N) is 1. The van der Waals surface area contributed by atoms with Crippen LogP contribution in [0.25, 0.3) is 11.3 Å². The van der Waals surface area contributed by atoms with Crippen LogP contribution in [0.4, 0.5) is 0 Å². The third kappa shape index (κ3) is 4.83. The van der Waals surface area contributed by atoms with E-state index in [1.54, 1.807) is 0 Å². The first kappa shape index (κ1) is 21.1. The molecule has 5 rings (SSSR count). The van der Waals surface area contributed by atoms with Gasteiger partial charge in [0.1, 0.15) is 0 Å². The first-order valence-corrected chi connectivity index (χ1v) is 13.1. The molecule has 1 unspecified atom stereocenters. The molecule has 0 bridgehead atoms. The SMILES string of the molecule is c1ccc(-c2ccc3c(n2)C(NCCP(c2ccccc2)c2ccccc2)CCC3)cc1. The molecular weight excluding hydrogens is 407 g/mol. The second-order valence-corrected chi connectivity index (χ2v) is 10.7. The normalized spacial score (nSPS) is 15.5. The second kappa shape index (κ2) is 10.2. The van der Waals surface area contributed by atoms with Crippen molar-refractivity contribution in [3.8, 4) is 11.3 Å². The minimum absolute atomic E-state index is 0.339. The summed E-state index contributed by atoms with van der Waals surface area (Å²) >= 11 is 0. The van der Waals surface area contributed by atoms with Crippen LogP contribution in [0.1, 0.15) is 30.1 Å². The first-order chi connectivity index (χ1) is 15.9. The van der Waals surface area contributed by atoms with Crippen molar-refractivity contribution >= 4 is 18.5 Å². The molecule has 160 valence electrons. The summed E-state index contributed by atoms with van der Waals surface area (Å²) in [5, 5.41) is 6.78. The van der Waals surface area contributed by atoms with Gasteiger partial charge in [0.15, 0.2) is 0 Å². The van der Waals surface area contributed by atoms with Crippen LogP contribution in [-0.4, -0.2) is 17.7 Å². The van der Waals surface area contributed by atoms with E-state index in [4.69, 9.17) is 4.98 Å². The fourth-order valence-electron chi connectivity index (χ4n) is 4.59. The van der Waals surface area contributed by atoms with E-state index in [2.05, 4.69) is 108 Å². The number of rotatable bonds is 7. The molecule has 0 amide bonds. The number of aromatic nitrogens is 1. The molecule has 3 heteroatoms. The molecule has 0 saturated carbocycles. The lowest BCUT2D eigenvalue weighted by Crippen LogP contribution is -2.30. The number of pyridine rings is 1. The molecule has 1 aliphatic carbocycles. The molecule has 0 radical (unpaired) electrons. The Labute approximate surface area is 192 Å². The Morgan fingerprint density at radius 1 is 0.750 bits per heavy atom. The molecule has 0 aliphatic heterocycles. The van der Waals surface area contributed by atoms with Gasteiger partial charge in [0, 0.05) is 18.2 Å². The Morgan fingerprint density at radius 2 is 1.38 bits per heavy atom. The van der Waals surface area contributed by atoms with E-state index in [-0.39, 0.29) is 7.92 Å². The largest absolute Gasteiger partial charge is 0.308 e. The quantitative estimate of drug-likeness (QED) is 0.368. The average molecular weight is 437 g/mol. The number of aryl methyl sites for hydroxylation is 1. The Kier molecular flexibility index (Phi) is 6.72. The molecule has 32 heavy (non-hydrogen) atoms. The Balaban J connectivity index is 1.33. The molecule has 0 saturated heterocycles. The third-order valence-electron chi connectivity index (χ3n) is 6.21. The number of fused-ring (bicyclic) bond motifs is 1. The van der Waals surface area contributed by atoms with Gasteiger partial charge in [-0.3, -0.25) is 4.98 Å². The minimum Gasteiger partial charge on any atom is -0.308 e. The highest BCUT2D eigenvalue weighted by molar-refractivity contribution is 7.73. The van der Waals surface area contributed by atoms with Crippen LogP contribution in [0.15, 0.2) is 103 Å². The Hall–Kier alpha value is -2.80. The van der Waals surface area contributed by atoms with E-state index in [9.17, 15) is 0 Å². The van der Waals surface area contributed by atoms with Crippen LogP contribution in [0.3, 0.4) is 0 Å². The van der Waals surface area contributed by atoms with Crippen molar-refractivity contribution in [2.45, 2.75) is 25.3 Å². The van der Waals surface area contributed by atoms with Gasteiger partial charge in [-0.2, -0.15) is 0 Å². The average Bonchev–Trinajstić information content (AvgIpc) is 2.88. The predicted molar refractivity (Wildman–Crippen MR) is 137 cm³/mol. The van der Waals surface area contributed by atoms with Crippen molar-refractivity contribution in [3.05, 3.63) is 114 Å². The van der Waals surface area contributed by atoms with Gasteiger partial charge < -0.3 is 5.32 Å². The van der Waals surface area contributed by atoms with Crippen molar-refractivity contribution in [3.63, 3.8) is 0 Å². The van der Waals surface area contributed by atoms with Crippen LogP contribution >= 0.6 is 7.92 Å². The van der Waals surface area contributed by atoms with Crippen LogP contribution < -0.4 is 15.9 Å². The summed E-state index contributed by atoms with van der Waals surface area (Å²) in [5.41, 5.74) is 4.92. The van der Waals surface area contributed by atoms with Gasteiger partial charge in [-0.25, -0.2) is 0 Å². The zero-order valence-electron chi connectivity index (χ0n) is 18.3. The summed E-state index contributed by atoms with van der Waals surface area (Å²) < 4.78 is 0. The second-order valence-electron chi connectivity index (χ2n) is 8.33. The van der Waals surface area contributed by atoms with E-state index in [0.717, 1.165) is 31.2 Å². The standard InChI is InChI=1S/C29H29N2P/c1-4-11-23(12-5-1)27-20-19-24-13-10-18-28(29(24)31-27)30-21-22-32(25-14-6-2-7-15-25)26-16-8-3-9-17-26/h1-9,11-12,14-17,19-20,28,30H,10,13,18,21-22H2. The van der Waals surface area contributed by atoms with E-state index in [0.29, 0.717) is 6.04 Å². The fourth-order valence-corrected chi connectivity index (χ4v) is 6.82. The molecule has 0 fully saturated rings. The first-order valence-electron chi connectivity index (χ1n) is 11.5. The van der Waals surface area contributed by atoms with E-state index < -0.39 is 0 Å². The number of hydrogen-bond donors (Lipinski definition) is 1. The number of hydrogen-bond acceptors (Lipinski definition) is 2. The molecule has 1 heterocycles. The number of benzene rings is 3. The Morgan fingerprint density at radius 3 is 2.03 bits per heavy atom. The van der Waals surface area contributed by atoms with Crippen molar-refractivity contribution in [1.82, 2.24) is 10.3 Å². The smallest absolute Gasteiger partial charge is 0.0706 e. The van der Waals surface area contributed by atoms with E-state index in [1.807, 2.05) is 0 Å². The Bertz CT molecular complexity index is 1090. The summed E-state index contributed by atoms with van der Waals surface area (Å²) in [6, 6.07) is 37.3. The highest BCUT2D eigenvalue weighted by Crippen LogP contribution is 2.34. The van der Waals surface area contributed by atoms with Crippen LogP contribution in [0, 0.1) is 0 Å². The molecule has 1 aromatic heterocycles. The number of nitrogens with one attached hydrogen (secondary N) is 1. The molecule has 1 aliphatic rings. The summed E-state index contributed by atoms with van der Waals surface area (Å²) in [6.45, 7) is 0.997. The van der Waals surface area contributed by atoms with Gasteiger partial charge in [0.05, 0.1) is 11.4 Å². The third-order valence-corrected chi connectivity index (χ3v) is 8.73. The summed E-state index contributed by atoms with van der Waals surface area (Å²) in [6.07, 6.45) is 4.65. The van der Waals surface area contributed by atoms with Crippen LogP contribution in [0.2, 0.25) is 0 Å². The molecule has 4 aromatic rings. The van der Waals surface area contributed by atoms with Crippen molar-refractivity contribution in [2.24, 2.45) is 0 Å². The zero-order chi connectivity index (χ0) is 21.6. The lowest BCUT2D eigenvalue weighted by atomic mass is 9.91. The lowest BCUT2D eigenvalue weighted by Gasteiger charge is -2.27. The summed E-state index contributed by atoms with van der Waals surface area (Å²) in [5.74, 6) is 0. The highest BCUT2D eigenvalue weighted by Gasteiger charge is 2.22. The van der Waals surface area contributed by atoms with E-state index in [1.165, 1.54) is 33.9 Å². The maximum Gasteiger partial charge on any atom is 0.0706 e. The van der Waals surface area contributed by atoms with Gasteiger partial charge in [0.25, 0.3) is 0 Å². The molecule has 1 N–H and O–H groups in total. The van der Waals surface area contributed by atoms with Crippen molar-refractivity contribution in [2.75, 3.05) is 12.7 Å². The monoisotopic (exact) mass is 436 g/mol.